The minimum Gasteiger partial charge on any atom is -0.496 e. The molecule has 0 aliphatic carbocycles. The number of methoxy groups -OCH3 is 1. The number of benzene rings is 1. The number of unbranched alkanes of at least 4 members (excludes halogenated alkanes) is 1. The highest BCUT2D eigenvalue weighted by Crippen LogP contribution is 2.25. The molecule has 0 radical (unpaired) electrons. The average Bonchev–Trinajstić information content (AvgIpc) is 2.84. The number of carbonyl (C=O) groups is 1. The summed E-state index contributed by atoms with van der Waals surface area (Å²) in [5, 5.41) is 0.927. The van der Waals surface area contributed by atoms with E-state index in [9.17, 15) is 4.79 Å². The molecule has 1 heterocycles. The molecule has 0 aliphatic rings. The molecule has 5 heteroatoms. The maximum Gasteiger partial charge on any atom is 0.176 e. The first kappa shape index (κ1) is 17.6. The van der Waals surface area contributed by atoms with Gasteiger partial charge in [0.05, 0.1) is 24.1 Å². The van der Waals surface area contributed by atoms with Crippen molar-refractivity contribution in [3.8, 4) is 5.75 Å². The molecule has 0 N–H and O–H groups in total. The molecule has 2 aromatic rings. The van der Waals surface area contributed by atoms with Crippen molar-refractivity contribution in [1.82, 2.24) is 9.55 Å². The van der Waals surface area contributed by atoms with Gasteiger partial charge in [-0.2, -0.15) is 0 Å². The molecule has 0 saturated carbocycles. The Morgan fingerprint density at radius 2 is 2.04 bits per heavy atom. The maximum atomic E-state index is 12.5. The van der Waals surface area contributed by atoms with E-state index in [4.69, 9.17) is 4.74 Å². The van der Waals surface area contributed by atoms with Gasteiger partial charge in [-0.25, -0.2) is 4.98 Å². The van der Waals surface area contributed by atoms with Crippen LogP contribution in [0.1, 0.15) is 41.5 Å². The van der Waals surface area contributed by atoms with Crippen molar-refractivity contribution < 1.29 is 9.53 Å². The van der Waals surface area contributed by atoms with Crippen molar-refractivity contribution in [2.45, 2.75) is 45.3 Å². The molecular weight excluding hydrogens is 308 g/mol. The van der Waals surface area contributed by atoms with E-state index in [-0.39, 0.29) is 5.78 Å². The number of nitrogens with zero attached hydrogens (tertiary/aromatic N) is 2. The zero-order valence-electron chi connectivity index (χ0n) is 14.3. The Hall–Kier alpha value is -1.75. The zero-order chi connectivity index (χ0) is 16.8. The normalized spacial score (nSPS) is 10.8. The number of hydrogen-bond donors (Lipinski definition) is 0. The standard InChI is InChI=1S/C18H24N2O2S/c1-5-6-11-20-14(3)13(2)19-18(20)23-12-16(21)15-9-7-8-10-17(15)22-4/h7-10H,5-6,11-12H2,1-4H3. The third-order valence-corrected chi connectivity index (χ3v) is 4.87. The van der Waals surface area contributed by atoms with Crippen LogP contribution in [0.25, 0.3) is 0 Å². The molecule has 1 aromatic carbocycles. The fraction of sp³-hybridized carbons (Fsp3) is 0.444. The van der Waals surface area contributed by atoms with Crippen molar-refractivity contribution in [1.29, 1.82) is 0 Å². The minimum absolute atomic E-state index is 0.0628. The van der Waals surface area contributed by atoms with E-state index < -0.39 is 0 Å². The van der Waals surface area contributed by atoms with Crippen LogP contribution in [0.3, 0.4) is 0 Å². The zero-order valence-corrected chi connectivity index (χ0v) is 15.1. The highest BCUT2D eigenvalue weighted by Gasteiger charge is 2.16. The van der Waals surface area contributed by atoms with Crippen LogP contribution in [0.4, 0.5) is 0 Å². The molecule has 0 aliphatic heterocycles. The molecule has 1 aromatic heterocycles. The van der Waals surface area contributed by atoms with E-state index in [0.717, 1.165) is 30.2 Å². The van der Waals surface area contributed by atoms with Crippen molar-refractivity contribution in [3.63, 3.8) is 0 Å². The maximum absolute atomic E-state index is 12.5. The van der Waals surface area contributed by atoms with E-state index in [1.807, 2.05) is 31.2 Å². The lowest BCUT2D eigenvalue weighted by Gasteiger charge is -2.10. The molecular formula is C18H24N2O2S. The Morgan fingerprint density at radius 3 is 2.74 bits per heavy atom. The SMILES string of the molecule is CCCCn1c(SCC(=O)c2ccccc2OC)nc(C)c1C. The Balaban J connectivity index is 2.11. The van der Waals surface area contributed by atoms with Crippen LogP contribution in [-0.2, 0) is 6.54 Å². The lowest BCUT2D eigenvalue weighted by Crippen LogP contribution is -2.07. The number of carbonyl (C=O) groups excluding carboxylic acids is 1. The Bertz CT molecular complexity index is 680. The third-order valence-electron chi connectivity index (χ3n) is 3.90. The predicted octanol–water partition coefficient (Wildman–Crippen LogP) is 4.28. The number of Topliss-reactive ketones (excluding diaryl/α,β-unsaturated/α-hetero) is 1. The largest absolute Gasteiger partial charge is 0.496 e. The lowest BCUT2D eigenvalue weighted by molar-refractivity contribution is 0.101. The summed E-state index contributed by atoms with van der Waals surface area (Å²) in [6.45, 7) is 7.24. The smallest absolute Gasteiger partial charge is 0.176 e. The van der Waals surface area contributed by atoms with Gasteiger partial charge in [0.1, 0.15) is 5.75 Å². The summed E-state index contributed by atoms with van der Waals surface area (Å²) >= 11 is 1.50. The third kappa shape index (κ3) is 4.16. The predicted molar refractivity (Wildman–Crippen MR) is 94.7 cm³/mol. The number of hydrogen-bond acceptors (Lipinski definition) is 4. The average molecular weight is 332 g/mol. The summed E-state index contributed by atoms with van der Waals surface area (Å²) in [5.74, 6) is 1.05. The van der Waals surface area contributed by atoms with Gasteiger partial charge in [-0.15, -0.1) is 0 Å². The van der Waals surface area contributed by atoms with Crippen LogP contribution in [0.5, 0.6) is 5.75 Å². The summed E-state index contributed by atoms with van der Waals surface area (Å²) in [5.41, 5.74) is 2.85. The van der Waals surface area contributed by atoms with E-state index >= 15 is 0 Å². The first-order valence-corrected chi connectivity index (χ1v) is 8.89. The minimum atomic E-state index is 0.0628. The second kappa shape index (κ2) is 8.20. The van der Waals surface area contributed by atoms with Crippen molar-refractivity contribution in [2.24, 2.45) is 0 Å². The van der Waals surface area contributed by atoms with Gasteiger partial charge < -0.3 is 9.30 Å². The number of aromatic nitrogens is 2. The second-order valence-electron chi connectivity index (χ2n) is 5.48. The van der Waals surface area contributed by atoms with Crippen molar-refractivity contribution >= 4 is 17.5 Å². The van der Waals surface area contributed by atoms with Gasteiger partial charge >= 0.3 is 0 Å². The van der Waals surface area contributed by atoms with Gasteiger partial charge in [0.25, 0.3) is 0 Å². The van der Waals surface area contributed by atoms with Crippen LogP contribution in [0.15, 0.2) is 29.4 Å². The van der Waals surface area contributed by atoms with Gasteiger partial charge in [0.15, 0.2) is 10.9 Å². The van der Waals surface area contributed by atoms with E-state index in [1.54, 1.807) is 7.11 Å². The van der Waals surface area contributed by atoms with Gasteiger partial charge in [0, 0.05) is 12.2 Å². The van der Waals surface area contributed by atoms with Crippen molar-refractivity contribution in [3.05, 3.63) is 41.2 Å². The topological polar surface area (TPSA) is 44.1 Å². The van der Waals surface area contributed by atoms with Crippen LogP contribution in [0, 0.1) is 13.8 Å². The summed E-state index contributed by atoms with van der Waals surface area (Å²) < 4.78 is 7.49. The van der Waals surface area contributed by atoms with E-state index in [1.165, 1.54) is 17.5 Å². The Kier molecular flexibility index (Phi) is 6.28. The first-order chi connectivity index (χ1) is 11.1. The highest BCUT2D eigenvalue weighted by molar-refractivity contribution is 7.99. The molecule has 124 valence electrons. The molecule has 23 heavy (non-hydrogen) atoms. The molecule has 0 unspecified atom stereocenters. The van der Waals surface area contributed by atoms with Crippen molar-refractivity contribution in [2.75, 3.05) is 12.9 Å². The number of ether oxygens (including phenoxy) is 1. The fourth-order valence-electron chi connectivity index (χ4n) is 2.40. The first-order valence-electron chi connectivity index (χ1n) is 7.91. The van der Waals surface area contributed by atoms with Crippen LogP contribution in [-0.4, -0.2) is 28.2 Å². The molecule has 0 atom stereocenters. The highest BCUT2D eigenvalue weighted by atomic mass is 32.2. The number of imidazole rings is 1. The number of thioether (sulfide) groups is 1. The molecule has 0 spiro atoms. The van der Waals surface area contributed by atoms with Crippen LogP contribution in [0.2, 0.25) is 0 Å². The summed E-state index contributed by atoms with van der Waals surface area (Å²) in [6, 6.07) is 7.35. The van der Waals surface area contributed by atoms with Gasteiger partial charge in [-0.1, -0.05) is 37.2 Å². The number of aryl methyl sites for hydroxylation is 1. The lowest BCUT2D eigenvalue weighted by atomic mass is 10.1. The van der Waals surface area contributed by atoms with Crippen LogP contribution >= 0.6 is 11.8 Å². The molecule has 0 amide bonds. The summed E-state index contributed by atoms with van der Waals surface area (Å²) in [6.07, 6.45) is 2.26. The van der Waals surface area contributed by atoms with Gasteiger partial charge in [-0.3, -0.25) is 4.79 Å². The van der Waals surface area contributed by atoms with E-state index in [0.29, 0.717) is 17.1 Å². The second-order valence-corrected chi connectivity index (χ2v) is 6.43. The molecule has 0 saturated heterocycles. The molecule has 4 nitrogen and oxygen atoms in total. The summed E-state index contributed by atoms with van der Waals surface area (Å²) in [7, 11) is 1.59. The molecule has 2 rings (SSSR count). The monoisotopic (exact) mass is 332 g/mol. The molecule has 0 fully saturated rings. The Labute approximate surface area is 142 Å². The number of para-hydroxylation sites is 1. The van der Waals surface area contributed by atoms with Gasteiger partial charge in [-0.05, 0) is 32.4 Å². The summed E-state index contributed by atoms with van der Waals surface area (Å²) in [4.78, 5) is 17.1. The number of ketones is 1. The quantitative estimate of drug-likeness (QED) is 0.534. The van der Waals surface area contributed by atoms with E-state index in [2.05, 4.69) is 23.4 Å². The Morgan fingerprint density at radius 1 is 1.30 bits per heavy atom. The fourth-order valence-corrected chi connectivity index (χ4v) is 3.40. The molecule has 0 bridgehead atoms. The number of rotatable bonds is 8. The van der Waals surface area contributed by atoms with Crippen LogP contribution < -0.4 is 4.74 Å². The van der Waals surface area contributed by atoms with Gasteiger partial charge in [0.2, 0.25) is 0 Å².